The average molecular weight is 235 g/mol. The van der Waals surface area contributed by atoms with Crippen molar-refractivity contribution < 1.29 is 9.15 Å². The van der Waals surface area contributed by atoms with Crippen LogP contribution in [0.5, 0.6) is 0 Å². The predicted octanol–water partition coefficient (Wildman–Crippen LogP) is 3.03. The fraction of sp³-hybridized carbons (Fsp3) is 0.714. The molecule has 1 saturated carbocycles. The second kappa shape index (κ2) is 4.46. The van der Waals surface area contributed by atoms with E-state index < -0.39 is 0 Å². The number of rotatable bonds is 3. The summed E-state index contributed by atoms with van der Waals surface area (Å²) in [6.07, 6.45) is 7.86. The molecule has 2 fully saturated rings. The third-order valence-corrected chi connectivity index (χ3v) is 4.21. The molecule has 0 aromatic carbocycles. The Bertz CT molecular complexity index is 356. The number of furan rings is 1. The van der Waals surface area contributed by atoms with Crippen molar-refractivity contribution in [3.05, 3.63) is 24.2 Å². The maximum absolute atomic E-state index is 5.94. The minimum atomic E-state index is 0.221. The van der Waals surface area contributed by atoms with Gasteiger partial charge in [0.2, 0.25) is 0 Å². The molecule has 1 aliphatic heterocycles. The fourth-order valence-corrected chi connectivity index (χ4v) is 3.06. The van der Waals surface area contributed by atoms with Crippen molar-refractivity contribution >= 4 is 0 Å². The summed E-state index contributed by atoms with van der Waals surface area (Å²) < 4.78 is 11.4. The molecule has 3 heteroatoms. The number of ether oxygens (including phenoxy) is 1. The lowest BCUT2D eigenvalue weighted by molar-refractivity contribution is -0.136. The van der Waals surface area contributed by atoms with E-state index in [1.54, 1.807) is 6.26 Å². The third kappa shape index (κ3) is 2.26. The van der Waals surface area contributed by atoms with Gasteiger partial charge in [0.05, 0.1) is 17.9 Å². The van der Waals surface area contributed by atoms with Gasteiger partial charge in [0.25, 0.3) is 0 Å². The number of hydrogen-bond acceptors (Lipinski definition) is 3. The first-order valence-electron chi connectivity index (χ1n) is 6.71. The summed E-state index contributed by atoms with van der Waals surface area (Å²) in [5.41, 5.74) is 0.221. The highest BCUT2D eigenvalue weighted by Crippen LogP contribution is 2.42. The molecule has 1 spiro atoms. The van der Waals surface area contributed by atoms with Gasteiger partial charge >= 0.3 is 0 Å². The van der Waals surface area contributed by atoms with E-state index in [4.69, 9.17) is 9.15 Å². The van der Waals surface area contributed by atoms with Crippen LogP contribution in [0, 0.1) is 0 Å². The second-order valence-electron chi connectivity index (χ2n) is 5.48. The van der Waals surface area contributed by atoms with E-state index >= 15 is 0 Å². The molecule has 3 rings (SSSR count). The van der Waals surface area contributed by atoms with E-state index in [2.05, 4.69) is 12.2 Å². The summed E-state index contributed by atoms with van der Waals surface area (Å²) in [5, 5.41) is 3.67. The Balaban J connectivity index is 1.58. The van der Waals surface area contributed by atoms with Crippen LogP contribution in [0.2, 0.25) is 0 Å². The Morgan fingerprint density at radius 2 is 2.35 bits per heavy atom. The summed E-state index contributed by atoms with van der Waals surface area (Å²) in [6, 6.07) is 4.86. The van der Waals surface area contributed by atoms with Crippen molar-refractivity contribution in [3.63, 3.8) is 0 Å². The van der Waals surface area contributed by atoms with Crippen molar-refractivity contribution in [1.82, 2.24) is 5.32 Å². The van der Waals surface area contributed by atoms with Crippen LogP contribution in [0.25, 0.3) is 0 Å². The Hall–Kier alpha value is -0.800. The quantitative estimate of drug-likeness (QED) is 0.874. The monoisotopic (exact) mass is 235 g/mol. The number of hydrogen-bond donors (Lipinski definition) is 1. The van der Waals surface area contributed by atoms with Crippen molar-refractivity contribution in [2.45, 2.75) is 56.7 Å². The van der Waals surface area contributed by atoms with Crippen LogP contribution in [0.4, 0.5) is 0 Å². The van der Waals surface area contributed by atoms with Crippen LogP contribution in [0.1, 0.15) is 50.8 Å². The predicted molar refractivity (Wildman–Crippen MR) is 65.8 cm³/mol. The molecule has 17 heavy (non-hydrogen) atoms. The van der Waals surface area contributed by atoms with Crippen LogP contribution in [0.3, 0.4) is 0 Å². The van der Waals surface area contributed by atoms with Gasteiger partial charge < -0.3 is 14.5 Å². The lowest BCUT2D eigenvalue weighted by Gasteiger charge is -2.47. The first-order valence-corrected chi connectivity index (χ1v) is 6.71. The average Bonchev–Trinajstić information content (AvgIpc) is 2.81. The third-order valence-electron chi connectivity index (χ3n) is 4.21. The normalized spacial score (nSPS) is 28.9. The Labute approximate surface area is 103 Å². The minimum absolute atomic E-state index is 0.221. The van der Waals surface area contributed by atoms with Crippen molar-refractivity contribution in [1.29, 1.82) is 0 Å². The summed E-state index contributed by atoms with van der Waals surface area (Å²) in [6.45, 7) is 3.07. The van der Waals surface area contributed by atoms with E-state index in [9.17, 15) is 0 Å². The highest BCUT2D eigenvalue weighted by atomic mass is 16.5. The standard InChI is InChI=1S/C14H21NO2/c1-11(13-4-2-8-16-13)15-12-5-9-17-14(10-12)6-3-7-14/h2,4,8,11-12,15H,3,5-7,9-10H2,1H3/t11-,12?/m1/s1. The van der Waals surface area contributed by atoms with Crippen LogP contribution >= 0.6 is 0 Å². The van der Waals surface area contributed by atoms with Gasteiger partial charge in [-0.2, -0.15) is 0 Å². The van der Waals surface area contributed by atoms with Gasteiger partial charge in [-0.3, -0.25) is 0 Å². The molecule has 1 aromatic rings. The van der Waals surface area contributed by atoms with Crippen LogP contribution < -0.4 is 5.32 Å². The molecule has 0 bridgehead atoms. The van der Waals surface area contributed by atoms with Crippen LogP contribution in [-0.4, -0.2) is 18.2 Å². The first kappa shape index (κ1) is 11.3. The van der Waals surface area contributed by atoms with Crippen molar-refractivity contribution in [2.75, 3.05) is 6.61 Å². The number of nitrogens with one attached hydrogen (secondary N) is 1. The highest BCUT2D eigenvalue weighted by molar-refractivity contribution is 5.04. The second-order valence-corrected chi connectivity index (χ2v) is 5.48. The molecular formula is C14H21NO2. The molecule has 2 heterocycles. The van der Waals surface area contributed by atoms with Crippen molar-refractivity contribution in [3.8, 4) is 0 Å². The Morgan fingerprint density at radius 3 is 3.00 bits per heavy atom. The summed E-state index contributed by atoms with van der Waals surface area (Å²) in [7, 11) is 0. The van der Waals surface area contributed by atoms with Gasteiger partial charge in [-0.1, -0.05) is 0 Å². The molecule has 1 unspecified atom stereocenters. The van der Waals surface area contributed by atoms with Gasteiger partial charge in [-0.05, 0) is 51.2 Å². The topological polar surface area (TPSA) is 34.4 Å². The van der Waals surface area contributed by atoms with E-state index in [0.29, 0.717) is 12.1 Å². The maximum atomic E-state index is 5.94. The zero-order valence-corrected chi connectivity index (χ0v) is 10.4. The van der Waals surface area contributed by atoms with E-state index in [-0.39, 0.29) is 5.60 Å². The molecule has 3 nitrogen and oxygen atoms in total. The van der Waals surface area contributed by atoms with Crippen LogP contribution in [0.15, 0.2) is 22.8 Å². The summed E-state index contributed by atoms with van der Waals surface area (Å²) in [5.74, 6) is 1.03. The Morgan fingerprint density at radius 1 is 1.47 bits per heavy atom. The molecule has 1 aliphatic carbocycles. The largest absolute Gasteiger partial charge is 0.468 e. The van der Waals surface area contributed by atoms with E-state index in [1.165, 1.54) is 19.3 Å². The molecule has 1 N–H and O–H groups in total. The molecular weight excluding hydrogens is 214 g/mol. The molecule has 0 radical (unpaired) electrons. The summed E-state index contributed by atoms with van der Waals surface area (Å²) in [4.78, 5) is 0. The van der Waals surface area contributed by atoms with Gasteiger partial charge in [0.15, 0.2) is 0 Å². The first-order chi connectivity index (χ1) is 8.27. The molecule has 2 atom stereocenters. The summed E-state index contributed by atoms with van der Waals surface area (Å²) >= 11 is 0. The smallest absolute Gasteiger partial charge is 0.120 e. The van der Waals surface area contributed by atoms with Gasteiger partial charge in [-0.15, -0.1) is 0 Å². The van der Waals surface area contributed by atoms with Crippen molar-refractivity contribution in [2.24, 2.45) is 0 Å². The van der Waals surface area contributed by atoms with Gasteiger partial charge in [0.1, 0.15) is 5.76 Å². The van der Waals surface area contributed by atoms with E-state index in [1.807, 2.05) is 12.1 Å². The maximum Gasteiger partial charge on any atom is 0.120 e. The zero-order chi connectivity index (χ0) is 11.7. The fourth-order valence-electron chi connectivity index (χ4n) is 3.06. The minimum Gasteiger partial charge on any atom is -0.468 e. The molecule has 94 valence electrons. The van der Waals surface area contributed by atoms with Crippen LogP contribution in [-0.2, 0) is 4.74 Å². The molecule has 1 saturated heterocycles. The lowest BCUT2D eigenvalue weighted by Crippen LogP contribution is -2.51. The SMILES string of the molecule is C[C@@H](NC1CCOC2(CCC2)C1)c1ccco1. The highest BCUT2D eigenvalue weighted by Gasteiger charge is 2.42. The van der Waals surface area contributed by atoms with E-state index in [0.717, 1.165) is 25.2 Å². The lowest BCUT2D eigenvalue weighted by atomic mass is 9.74. The molecule has 2 aliphatic rings. The Kier molecular flexibility index (Phi) is 2.97. The zero-order valence-electron chi connectivity index (χ0n) is 10.4. The molecule has 0 amide bonds. The molecule has 1 aromatic heterocycles. The van der Waals surface area contributed by atoms with Gasteiger partial charge in [-0.25, -0.2) is 0 Å². The van der Waals surface area contributed by atoms with Gasteiger partial charge in [0, 0.05) is 12.6 Å².